The van der Waals surface area contributed by atoms with Crippen LogP contribution in [-0.4, -0.2) is 35.0 Å². The van der Waals surface area contributed by atoms with Crippen molar-refractivity contribution in [1.82, 2.24) is 5.32 Å². The minimum Gasteiger partial charge on any atom is -0.480 e. The zero-order chi connectivity index (χ0) is 12.0. The Balaban J connectivity index is 3.99. The fourth-order valence-corrected chi connectivity index (χ4v) is 0.811. The SMILES string of the molecule is C[C@H](NC(=O)[C@H](N)CCC(N)=O)C(=O)O. The number of hydrogen-bond acceptors (Lipinski definition) is 4. The quantitative estimate of drug-likeness (QED) is 0.415. The van der Waals surface area contributed by atoms with Crippen molar-refractivity contribution >= 4 is 17.8 Å². The Morgan fingerprint density at radius 1 is 1.40 bits per heavy atom. The Kier molecular flexibility index (Phi) is 5.32. The van der Waals surface area contributed by atoms with E-state index in [1.807, 2.05) is 0 Å². The number of carboxylic acid groups (broad SMARTS) is 1. The normalized spacial score (nSPS) is 14.0. The number of amides is 2. The second-order valence-electron chi connectivity index (χ2n) is 3.18. The predicted octanol–water partition coefficient (Wildman–Crippen LogP) is -1.83. The fourth-order valence-electron chi connectivity index (χ4n) is 0.811. The molecule has 0 aliphatic carbocycles. The summed E-state index contributed by atoms with van der Waals surface area (Å²) in [7, 11) is 0. The van der Waals surface area contributed by atoms with Crippen LogP contribution in [0.25, 0.3) is 0 Å². The van der Waals surface area contributed by atoms with Crippen LogP contribution in [0.1, 0.15) is 19.8 Å². The number of hydrogen-bond donors (Lipinski definition) is 4. The maximum absolute atomic E-state index is 11.2. The number of rotatable bonds is 6. The molecule has 0 rings (SSSR count). The molecule has 7 nitrogen and oxygen atoms in total. The monoisotopic (exact) mass is 217 g/mol. The number of nitrogens with one attached hydrogen (secondary N) is 1. The van der Waals surface area contributed by atoms with Crippen molar-refractivity contribution in [3.05, 3.63) is 0 Å². The van der Waals surface area contributed by atoms with E-state index >= 15 is 0 Å². The number of nitrogens with two attached hydrogens (primary N) is 2. The van der Waals surface area contributed by atoms with Crippen LogP contribution >= 0.6 is 0 Å². The van der Waals surface area contributed by atoms with E-state index in [1.54, 1.807) is 0 Å². The van der Waals surface area contributed by atoms with E-state index in [0.717, 1.165) is 0 Å². The number of carboxylic acids is 1. The van der Waals surface area contributed by atoms with Crippen molar-refractivity contribution in [2.75, 3.05) is 0 Å². The molecule has 0 spiro atoms. The van der Waals surface area contributed by atoms with E-state index in [1.165, 1.54) is 6.92 Å². The molecule has 0 saturated carbocycles. The van der Waals surface area contributed by atoms with Crippen LogP contribution in [0.2, 0.25) is 0 Å². The van der Waals surface area contributed by atoms with Crippen molar-refractivity contribution in [2.24, 2.45) is 11.5 Å². The summed E-state index contributed by atoms with van der Waals surface area (Å²) in [6, 6.07) is -1.92. The molecule has 0 saturated heterocycles. The molecule has 0 aliphatic heterocycles. The summed E-state index contributed by atoms with van der Waals surface area (Å²) < 4.78 is 0. The lowest BCUT2D eigenvalue weighted by Crippen LogP contribution is -2.47. The highest BCUT2D eigenvalue weighted by atomic mass is 16.4. The summed E-state index contributed by atoms with van der Waals surface area (Å²) in [6.07, 6.45) is 0.101. The second kappa shape index (κ2) is 5.97. The van der Waals surface area contributed by atoms with Gasteiger partial charge in [-0.1, -0.05) is 0 Å². The average Bonchev–Trinajstić information content (AvgIpc) is 2.13. The first-order chi connectivity index (χ1) is 6.84. The van der Waals surface area contributed by atoms with E-state index in [2.05, 4.69) is 5.32 Å². The van der Waals surface area contributed by atoms with Crippen LogP contribution in [-0.2, 0) is 14.4 Å². The zero-order valence-corrected chi connectivity index (χ0v) is 8.40. The van der Waals surface area contributed by atoms with Crippen molar-refractivity contribution in [3.8, 4) is 0 Å². The summed E-state index contributed by atoms with van der Waals surface area (Å²) in [5.74, 6) is -2.30. The van der Waals surface area contributed by atoms with Crippen molar-refractivity contribution in [1.29, 1.82) is 0 Å². The Hall–Kier alpha value is -1.63. The van der Waals surface area contributed by atoms with Crippen molar-refractivity contribution < 1.29 is 19.5 Å². The first kappa shape index (κ1) is 13.4. The second-order valence-corrected chi connectivity index (χ2v) is 3.18. The molecular formula is C8H15N3O4. The predicted molar refractivity (Wildman–Crippen MR) is 51.6 cm³/mol. The van der Waals surface area contributed by atoms with Crippen LogP contribution in [0.4, 0.5) is 0 Å². The number of carbonyl (C=O) groups is 3. The zero-order valence-electron chi connectivity index (χ0n) is 8.40. The highest BCUT2D eigenvalue weighted by Gasteiger charge is 2.19. The molecule has 0 aliphatic rings. The molecule has 0 radical (unpaired) electrons. The fraction of sp³-hybridized carbons (Fsp3) is 0.625. The van der Waals surface area contributed by atoms with E-state index < -0.39 is 29.9 Å². The van der Waals surface area contributed by atoms with Gasteiger partial charge < -0.3 is 21.9 Å². The van der Waals surface area contributed by atoms with Gasteiger partial charge in [-0.2, -0.15) is 0 Å². The van der Waals surface area contributed by atoms with Gasteiger partial charge in [-0.3, -0.25) is 14.4 Å². The molecule has 0 heterocycles. The van der Waals surface area contributed by atoms with Gasteiger partial charge in [0.25, 0.3) is 0 Å². The average molecular weight is 217 g/mol. The van der Waals surface area contributed by atoms with Crippen LogP contribution in [0, 0.1) is 0 Å². The molecule has 7 heteroatoms. The topological polar surface area (TPSA) is 136 Å². The maximum Gasteiger partial charge on any atom is 0.325 e. The molecule has 0 aromatic carbocycles. The van der Waals surface area contributed by atoms with Gasteiger partial charge >= 0.3 is 5.97 Å². The van der Waals surface area contributed by atoms with Gasteiger partial charge in [0.05, 0.1) is 6.04 Å². The van der Waals surface area contributed by atoms with Crippen molar-refractivity contribution in [2.45, 2.75) is 31.8 Å². The third kappa shape index (κ3) is 5.63. The first-order valence-electron chi connectivity index (χ1n) is 4.41. The Bertz CT molecular complexity index is 267. The maximum atomic E-state index is 11.2. The third-order valence-electron chi connectivity index (χ3n) is 1.77. The molecule has 6 N–H and O–H groups in total. The van der Waals surface area contributed by atoms with Gasteiger partial charge in [0.1, 0.15) is 6.04 Å². The van der Waals surface area contributed by atoms with E-state index in [-0.39, 0.29) is 12.8 Å². The minimum atomic E-state index is -1.15. The summed E-state index contributed by atoms with van der Waals surface area (Å²) in [5.41, 5.74) is 10.3. The van der Waals surface area contributed by atoms with Crippen molar-refractivity contribution in [3.63, 3.8) is 0 Å². The summed E-state index contributed by atoms with van der Waals surface area (Å²) >= 11 is 0. The lowest BCUT2D eigenvalue weighted by molar-refractivity contribution is -0.141. The standard InChI is InChI=1S/C8H15N3O4/c1-4(8(14)15)11-7(13)5(9)2-3-6(10)12/h4-5H,2-3,9H2,1H3,(H2,10,12)(H,11,13)(H,14,15)/t4-,5+/m0/s1. The number of primary amides is 1. The number of aliphatic carboxylic acids is 1. The van der Waals surface area contributed by atoms with Gasteiger partial charge in [-0.25, -0.2) is 0 Å². The Labute approximate surface area is 86.8 Å². The van der Waals surface area contributed by atoms with E-state index in [4.69, 9.17) is 16.6 Å². The number of carbonyl (C=O) groups excluding carboxylic acids is 2. The lowest BCUT2D eigenvalue weighted by atomic mass is 10.1. The molecule has 0 fully saturated rings. The largest absolute Gasteiger partial charge is 0.480 e. The summed E-state index contributed by atoms with van der Waals surface area (Å²) in [6.45, 7) is 1.32. The molecule has 0 bridgehead atoms. The van der Waals surface area contributed by atoms with Gasteiger partial charge in [0.2, 0.25) is 11.8 Å². The third-order valence-corrected chi connectivity index (χ3v) is 1.77. The highest BCUT2D eigenvalue weighted by Crippen LogP contribution is 1.94. The Morgan fingerprint density at radius 2 is 1.93 bits per heavy atom. The van der Waals surface area contributed by atoms with Crippen LogP contribution < -0.4 is 16.8 Å². The molecule has 0 aromatic heterocycles. The molecule has 2 amide bonds. The Morgan fingerprint density at radius 3 is 2.33 bits per heavy atom. The van der Waals surface area contributed by atoms with Gasteiger partial charge in [0, 0.05) is 6.42 Å². The highest BCUT2D eigenvalue weighted by molar-refractivity contribution is 5.87. The van der Waals surface area contributed by atoms with E-state index in [0.29, 0.717) is 0 Å². The van der Waals surface area contributed by atoms with Gasteiger partial charge in [-0.15, -0.1) is 0 Å². The molecule has 0 aromatic rings. The first-order valence-corrected chi connectivity index (χ1v) is 4.41. The van der Waals surface area contributed by atoms with Gasteiger partial charge in [-0.05, 0) is 13.3 Å². The molecule has 2 atom stereocenters. The summed E-state index contributed by atoms with van der Waals surface area (Å²) in [5, 5.41) is 10.7. The lowest BCUT2D eigenvalue weighted by Gasteiger charge is -2.13. The van der Waals surface area contributed by atoms with Gasteiger partial charge in [0.15, 0.2) is 0 Å². The molecular weight excluding hydrogens is 202 g/mol. The van der Waals surface area contributed by atoms with Crippen LogP contribution in [0.3, 0.4) is 0 Å². The molecule has 86 valence electrons. The van der Waals surface area contributed by atoms with Crippen LogP contribution in [0.5, 0.6) is 0 Å². The summed E-state index contributed by atoms with van der Waals surface area (Å²) in [4.78, 5) is 32.0. The smallest absolute Gasteiger partial charge is 0.325 e. The molecule has 15 heavy (non-hydrogen) atoms. The minimum absolute atomic E-state index is 0.00393. The molecule has 0 unspecified atom stereocenters. The van der Waals surface area contributed by atoms with Crippen LogP contribution in [0.15, 0.2) is 0 Å². The van der Waals surface area contributed by atoms with E-state index in [9.17, 15) is 14.4 Å².